The molecule has 4 nitrogen and oxygen atoms in total. The van der Waals surface area contributed by atoms with Crippen LogP contribution in [0.2, 0.25) is 0 Å². The summed E-state index contributed by atoms with van der Waals surface area (Å²) in [6.07, 6.45) is 1.74. The lowest BCUT2D eigenvalue weighted by molar-refractivity contribution is -0.116. The molecule has 0 radical (unpaired) electrons. The molecule has 2 N–H and O–H groups in total. The molecular formula is C23H25N3O. The number of anilines is 2. The Kier molecular flexibility index (Phi) is 5.55. The first kappa shape index (κ1) is 18.6. The molecule has 0 aliphatic carbocycles. The van der Waals surface area contributed by atoms with E-state index in [1.807, 2.05) is 72.8 Å². The van der Waals surface area contributed by atoms with Gasteiger partial charge < -0.3 is 10.6 Å². The molecule has 0 saturated carbocycles. The lowest BCUT2D eigenvalue weighted by atomic mass is 9.90. The van der Waals surface area contributed by atoms with Gasteiger partial charge in [-0.1, -0.05) is 60.7 Å². The van der Waals surface area contributed by atoms with Gasteiger partial charge in [0.2, 0.25) is 5.91 Å². The fraction of sp³-hybridized carbons (Fsp3) is 0.217. The number of hydrogen-bond acceptors (Lipinski definition) is 3. The number of rotatable bonds is 5. The van der Waals surface area contributed by atoms with Crippen LogP contribution >= 0.6 is 0 Å². The highest BCUT2D eigenvalue weighted by atomic mass is 16.1. The first-order valence-corrected chi connectivity index (χ1v) is 9.07. The second kappa shape index (κ2) is 8.04. The van der Waals surface area contributed by atoms with E-state index in [-0.39, 0.29) is 17.4 Å². The van der Waals surface area contributed by atoms with Gasteiger partial charge in [-0.3, -0.25) is 4.79 Å². The van der Waals surface area contributed by atoms with Crippen molar-refractivity contribution in [1.29, 1.82) is 0 Å². The number of aromatic nitrogens is 1. The first-order valence-electron chi connectivity index (χ1n) is 9.07. The zero-order chi connectivity index (χ0) is 19.3. The van der Waals surface area contributed by atoms with E-state index in [1.165, 1.54) is 0 Å². The van der Waals surface area contributed by atoms with Gasteiger partial charge in [0.05, 0.1) is 17.8 Å². The minimum absolute atomic E-state index is 0.0435. The summed E-state index contributed by atoms with van der Waals surface area (Å²) in [5, 5.41) is 6.31. The normalized spacial score (nSPS) is 11.3. The van der Waals surface area contributed by atoms with E-state index in [2.05, 4.69) is 36.4 Å². The van der Waals surface area contributed by atoms with Gasteiger partial charge in [0.15, 0.2) is 0 Å². The zero-order valence-corrected chi connectivity index (χ0v) is 15.9. The third-order valence-corrected chi connectivity index (χ3v) is 4.06. The van der Waals surface area contributed by atoms with Gasteiger partial charge >= 0.3 is 0 Å². The molecule has 0 unspecified atom stereocenters. The molecule has 1 amide bonds. The molecule has 1 aromatic heterocycles. The molecule has 0 atom stereocenters. The van der Waals surface area contributed by atoms with Crippen molar-refractivity contribution in [2.24, 2.45) is 0 Å². The van der Waals surface area contributed by atoms with Gasteiger partial charge in [0.25, 0.3) is 0 Å². The van der Waals surface area contributed by atoms with E-state index in [9.17, 15) is 4.79 Å². The Labute approximate surface area is 160 Å². The van der Waals surface area contributed by atoms with Crippen LogP contribution in [-0.4, -0.2) is 16.4 Å². The maximum Gasteiger partial charge on any atom is 0.237 e. The van der Waals surface area contributed by atoms with E-state index < -0.39 is 0 Å². The summed E-state index contributed by atoms with van der Waals surface area (Å²) in [5.74, 6) is 0.0503. The van der Waals surface area contributed by atoms with Gasteiger partial charge in [-0.25, -0.2) is 4.98 Å². The molecule has 0 saturated heterocycles. The largest absolute Gasteiger partial charge is 0.379 e. The van der Waals surface area contributed by atoms with Crippen LogP contribution in [-0.2, 0) is 4.79 Å². The highest BCUT2D eigenvalue weighted by Gasteiger charge is 2.23. The number of nitrogens with zero attached hydrogens (tertiary/aromatic N) is 1. The fourth-order valence-corrected chi connectivity index (χ4v) is 2.96. The standard InChI is InChI=1S/C23H25N3O/c1-23(2,3)26-19-14-15-20(24-16-19)25-22(27)21(17-10-6-4-7-11-17)18-12-8-5-9-13-18/h4-16,21,26H,1-3H3,(H,24,25,27). The second-order valence-corrected chi connectivity index (χ2v) is 7.55. The highest BCUT2D eigenvalue weighted by molar-refractivity contribution is 5.97. The number of benzene rings is 2. The first-order chi connectivity index (χ1) is 12.9. The molecule has 0 bridgehead atoms. The topological polar surface area (TPSA) is 54.0 Å². The second-order valence-electron chi connectivity index (χ2n) is 7.55. The van der Waals surface area contributed by atoms with E-state index in [1.54, 1.807) is 6.20 Å². The number of pyridine rings is 1. The maximum absolute atomic E-state index is 13.1. The Hall–Kier alpha value is -3.14. The van der Waals surface area contributed by atoms with Crippen LogP contribution in [0, 0.1) is 0 Å². The maximum atomic E-state index is 13.1. The van der Waals surface area contributed by atoms with Gasteiger partial charge in [-0.05, 0) is 44.0 Å². The van der Waals surface area contributed by atoms with Crippen LogP contribution in [0.3, 0.4) is 0 Å². The number of carbonyl (C=O) groups excluding carboxylic acids is 1. The predicted molar refractivity (Wildman–Crippen MR) is 111 cm³/mol. The van der Waals surface area contributed by atoms with Crippen molar-refractivity contribution < 1.29 is 4.79 Å². The van der Waals surface area contributed by atoms with Crippen LogP contribution in [0.5, 0.6) is 0 Å². The van der Waals surface area contributed by atoms with Crippen molar-refractivity contribution >= 4 is 17.4 Å². The van der Waals surface area contributed by atoms with Crippen LogP contribution in [0.25, 0.3) is 0 Å². The van der Waals surface area contributed by atoms with Crippen LogP contribution in [0.15, 0.2) is 79.0 Å². The van der Waals surface area contributed by atoms with Crippen molar-refractivity contribution in [2.45, 2.75) is 32.2 Å². The average Bonchev–Trinajstić information content (AvgIpc) is 2.64. The molecule has 27 heavy (non-hydrogen) atoms. The molecule has 0 aliphatic rings. The molecule has 0 aliphatic heterocycles. The summed E-state index contributed by atoms with van der Waals surface area (Å²) in [6, 6.07) is 23.3. The van der Waals surface area contributed by atoms with Crippen LogP contribution < -0.4 is 10.6 Å². The molecule has 3 rings (SSSR count). The molecule has 0 spiro atoms. The van der Waals surface area contributed by atoms with Gasteiger partial charge in [-0.15, -0.1) is 0 Å². The predicted octanol–water partition coefficient (Wildman–Crippen LogP) is 5.06. The Balaban J connectivity index is 1.81. The number of nitrogens with one attached hydrogen (secondary N) is 2. The van der Waals surface area contributed by atoms with Crippen molar-refractivity contribution in [2.75, 3.05) is 10.6 Å². The summed E-state index contributed by atoms with van der Waals surface area (Å²) >= 11 is 0. The summed E-state index contributed by atoms with van der Waals surface area (Å²) < 4.78 is 0. The highest BCUT2D eigenvalue weighted by Crippen LogP contribution is 2.26. The van der Waals surface area contributed by atoms with Crippen LogP contribution in [0.4, 0.5) is 11.5 Å². The minimum Gasteiger partial charge on any atom is -0.379 e. The zero-order valence-electron chi connectivity index (χ0n) is 15.9. The quantitative estimate of drug-likeness (QED) is 0.669. The van der Waals surface area contributed by atoms with Crippen LogP contribution in [0.1, 0.15) is 37.8 Å². The molecule has 3 aromatic rings. The van der Waals surface area contributed by atoms with E-state index in [0.29, 0.717) is 5.82 Å². The summed E-state index contributed by atoms with van der Waals surface area (Å²) in [4.78, 5) is 17.4. The summed E-state index contributed by atoms with van der Waals surface area (Å²) in [7, 11) is 0. The third kappa shape index (κ3) is 5.17. The van der Waals surface area contributed by atoms with Crippen molar-refractivity contribution in [3.8, 4) is 0 Å². The third-order valence-electron chi connectivity index (χ3n) is 4.06. The van der Waals surface area contributed by atoms with Gasteiger partial charge in [0, 0.05) is 5.54 Å². The van der Waals surface area contributed by atoms with Crippen molar-refractivity contribution in [1.82, 2.24) is 4.98 Å². The van der Waals surface area contributed by atoms with Crippen molar-refractivity contribution in [3.63, 3.8) is 0 Å². The lowest BCUT2D eigenvalue weighted by Gasteiger charge is -2.22. The Morgan fingerprint density at radius 3 is 1.85 bits per heavy atom. The van der Waals surface area contributed by atoms with Gasteiger partial charge in [-0.2, -0.15) is 0 Å². The minimum atomic E-state index is -0.387. The van der Waals surface area contributed by atoms with Crippen molar-refractivity contribution in [3.05, 3.63) is 90.1 Å². The van der Waals surface area contributed by atoms with E-state index in [4.69, 9.17) is 0 Å². The van der Waals surface area contributed by atoms with E-state index >= 15 is 0 Å². The van der Waals surface area contributed by atoms with Gasteiger partial charge in [0.1, 0.15) is 5.82 Å². The molecule has 138 valence electrons. The molecule has 4 heteroatoms. The summed E-state index contributed by atoms with van der Waals surface area (Å²) in [6.45, 7) is 6.27. The Morgan fingerprint density at radius 2 is 1.41 bits per heavy atom. The number of amides is 1. The fourth-order valence-electron chi connectivity index (χ4n) is 2.96. The summed E-state index contributed by atoms with van der Waals surface area (Å²) in [5.41, 5.74) is 2.78. The molecule has 1 heterocycles. The Bertz CT molecular complexity index is 830. The average molecular weight is 359 g/mol. The Morgan fingerprint density at radius 1 is 0.852 bits per heavy atom. The number of carbonyl (C=O) groups is 1. The smallest absolute Gasteiger partial charge is 0.237 e. The molecule has 2 aromatic carbocycles. The monoisotopic (exact) mass is 359 g/mol. The molecular weight excluding hydrogens is 334 g/mol. The lowest BCUT2D eigenvalue weighted by Crippen LogP contribution is -2.26. The number of hydrogen-bond donors (Lipinski definition) is 2. The molecule has 0 fully saturated rings. The SMILES string of the molecule is CC(C)(C)Nc1ccc(NC(=O)C(c2ccccc2)c2ccccc2)nc1. The van der Waals surface area contributed by atoms with E-state index in [0.717, 1.165) is 16.8 Å².